The van der Waals surface area contributed by atoms with E-state index in [-0.39, 0.29) is 0 Å². The second-order valence-electron chi connectivity index (χ2n) is 7.84. The van der Waals surface area contributed by atoms with Gasteiger partial charge in [-0.25, -0.2) is 4.98 Å². The molecule has 0 fully saturated rings. The quantitative estimate of drug-likeness (QED) is 0.439. The zero-order valence-electron chi connectivity index (χ0n) is 17.4. The van der Waals surface area contributed by atoms with E-state index in [1.54, 1.807) is 0 Å². The molecule has 2 heteroatoms. The molecule has 0 aliphatic carbocycles. The van der Waals surface area contributed by atoms with Crippen molar-refractivity contribution in [2.24, 2.45) is 0 Å². The molecule has 0 unspecified atom stereocenters. The molecular formula is C25H30N2. The normalized spacial score (nSPS) is 12.4. The molecule has 0 saturated carbocycles. The molecule has 2 nitrogen and oxygen atoms in total. The van der Waals surface area contributed by atoms with Crippen LogP contribution in [-0.4, -0.2) is 9.55 Å². The zero-order chi connectivity index (χ0) is 19.7. The van der Waals surface area contributed by atoms with Crippen molar-refractivity contribution in [3.8, 4) is 5.69 Å². The van der Waals surface area contributed by atoms with Gasteiger partial charge in [0.05, 0.1) is 16.7 Å². The molecule has 0 saturated heterocycles. The van der Waals surface area contributed by atoms with Gasteiger partial charge in [0.1, 0.15) is 5.82 Å². The molecule has 0 amide bonds. The van der Waals surface area contributed by atoms with Crippen LogP contribution < -0.4 is 0 Å². The number of benzene rings is 2. The highest BCUT2D eigenvalue weighted by Gasteiger charge is 2.22. The van der Waals surface area contributed by atoms with E-state index in [0.29, 0.717) is 11.8 Å². The molecule has 3 aromatic rings. The Labute approximate surface area is 163 Å². The summed E-state index contributed by atoms with van der Waals surface area (Å²) in [6.07, 6.45) is 2.12. The fraction of sp³-hybridized carbons (Fsp3) is 0.320. The van der Waals surface area contributed by atoms with Crippen LogP contribution in [0.4, 0.5) is 0 Å². The first kappa shape index (κ1) is 19.2. The van der Waals surface area contributed by atoms with E-state index >= 15 is 0 Å². The summed E-state index contributed by atoms with van der Waals surface area (Å²) >= 11 is 0. The van der Waals surface area contributed by atoms with Gasteiger partial charge in [-0.1, -0.05) is 70.7 Å². The van der Waals surface area contributed by atoms with Crippen molar-refractivity contribution < 1.29 is 0 Å². The minimum Gasteiger partial charge on any atom is -0.292 e. The van der Waals surface area contributed by atoms with Crippen LogP contribution in [0, 0.1) is 0 Å². The maximum Gasteiger partial charge on any atom is 0.145 e. The Morgan fingerprint density at radius 3 is 2.07 bits per heavy atom. The Balaban J connectivity index is 2.50. The molecule has 2 aromatic carbocycles. The van der Waals surface area contributed by atoms with E-state index in [1.165, 1.54) is 16.8 Å². The molecule has 27 heavy (non-hydrogen) atoms. The highest BCUT2D eigenvalue weighted by atomic mass is 15.1. The smallest absolute Gasteiger partial charge is 0.145 e. The zero-order valence-corrected chi connectivity index (χ0v) is 17.4. The van der Waals surface area contributed by atoms with Gasteiger partial charge in [-0.15, -0.1) is 0 Å². The number of fused-ring (bicyclic) bond motifs is 1. The fourth-order valence-corrected chi connectivity index (χ4v) is 3.77. The van der Waals surface area contributed by atoms with Crippen LogP contribution in [-0.2, 0) is 0 Å². The molecule has 140 valence electrons. The first-order chi connectivity index (χ1) is 12.9. The van der Waals surface area contributed by atoms with Crippen molar-refractivity contribution in [3.63, 3.8) is 0 Å². The molecule has 0 N–H and O–H groups in total. The second kappa shape index (κ2) is 7.56. The van der Waals surface area contributed by atoms with Gasteiger partial charge in [-0.2, -0.15) is 0 Å². The van der Waals surface area contributed by atoms with Gasteiger partial charge in [0.15, 0.2) is 0 Å². The van der Waals surface area contributed by atoms with Crippen LogP contribution in [0.2, 0.25) is 0 Å². The van der Waals surface area contributed by atoms with E-state index in [1.807, 2.05) is 0 Å². The summed E-state index contributed by atoms with van der Waals surface area (Å²) in [6.45, 7) is 17.4. The van der Waals surface area contributed by atoms with Crippen molar-refractivity contribution in [1.29, 1.82) is 0 Å². The van der Waals surface area contributed by atoms with Gasteiger partial charge in [-0.3, -0.25) is 4.57 Å². The van der Waals surface area contributed by atoms with Crippen LogP contribution in [0.15, 0.2) is 60.7 Å². The van der Waals surface area contributed by atoms with E-state index in [4.69, 9.17) is 4.98 Å². The van der Waals surface area contributed by atoms with Crippen molar-refractivity contribution in [2.45, 2.75) is 53.4 Å². The number of imidazole rings is 1. The number of para-hydroxylation sites is 3. The van der Waals surface area contributed by atoms with Gasteiger partial charge < -0.3 is 0 Å². The van der Waals surface area contributed by atoms with Crippen LogP contribution in [0.1, 0.15) is 70.3 Å². The lowest BCUT2D eigenvalue weighted by Crippen LogP contribution is -2.10. The summed E-state index contributed by atoms with van der Waals surface area (Å²) < 4.78 is 2.35. The maximum atomic E-state index is 5.02. The van der Waals surface area contributed by atoms with E-state index in [0.717, 1.165) is 28.0 Å². The second-order valence-corrected chi connectivity index (χ2v) is 7.84. The number of hydrogen-bond donors (Lipinski definition) is 0. The van der Waals surface area contributed by atoms with Crippen molar-refractivity contribution in [1.82, 2.24) is 9.55 Å². The predicted octanol–water partition coefficient (Wildman–Crippen LogP) is 7.25. The molecule has 0 radical (unpaired) electrons. The molecule has 1 heterocycles. The predicted molar refractivity (Wildman–Crippen MR) is 118 cm³/mol. The highest BCUT2D eigenvalue weighted by molar-refractivity contribution is 5.86. The van der Waals surface area contributed by atoms with Crippen LogP contribution in [0.25, 0.3) is 22.3 Å². The third kappa shape index (κ3) is 3.37. The lowest BCUT2D eigenvalue weighted by atomic mass is 9.92. The lowest BCUT2D eigenvalue weighted by molar-refractivity contribution is 0.807. The van der Waals surface area contributed by atoms with Crippen LogP contribution >= 0.6 is 0 Å². The number of aromatic nitrogens is 2. The third-order valence-electron chi connectivity index (χ3n) is 5.12. The molecule has 0 bridgehead atoms. The summed E-state index contributed by atoms with van der Waals surface area (Å²) in [7, 11) is 0. The van der Waals surface area contributed by atoms with Crippen molar-refractivity contribution >= 4 is 16.6 Å². The number of rotatable bonds is 5. The number of allylic oxidation sites excluding steroid dienone is 3. The third-order valence-corrected chi connectivity index (χ3v) is 5.12. The van der Waals surface area contributed by atoms with E-state index < -0.39 is 0 Å². The van der Waals surface area contributed by atoms with Crippen molar-refractivity contribution in [3.05, 3.63) is 77.6 Å². The molecule has 0 aliphatic rings. The van der Waals surface area contributed by atoms with E-state index in [9.17, 15) is 0 Å². The molecule has 0 atom stereocenters. The molecule has 0 spiro atoms. The SMILES string of the molecule is C=C(C)/C(=C\C)c1nc2ccccc2n1-c1c(C(C)C)cccc1C(C)C. The lowest BCUT2D eigenvalue weighted by Gasteiger charge is -2.23. The van der Waals surface area contributed by atoms with Crippen LogP contribution in [0.5, 0.6) is 0 Å². The van der Waals surface area contributed by atoms with Crippen molar-refractivity contribution in [2.75, 3.05) is 0 Å². The average molecular weight is 359 g/mol. The minimum atomic E-state index is 0.423. The summed E-state index contributed by atoms with van der Waals surface area (Å²) in [5.41, 5.74) is 8.25. The number of nitrogens with zero attached hydrogens (tertiary/aromatic N) is 2. The summed E-state index contributed by atoms with van der Waals surface area (Å²) in [4.78, 5) is 5.02. The van der Waals surface area contributed by atoms with Gasteiger partial charge in [0.2, 0.25) is 0 Å². The molecule has 3 rings (SSSR count). The van der Waals surface area contributed by atoms with Gasteiger partial charge in [0, 0.05) is 5.57 Å². The maximum absolute atomic E-state index is 5.02. The standard InChI is InChI=1S/C25H30N2/c1-8-19(16(2)3)25-26-22-14-9-10-15-23(22)27(25)24-20(17(4)5)12-11-13-21(24)18(6)7/h8-15,17-18H,2H2,1,3-7H3/b19-8+. The summed E-state index contributed by atoms with van der Waals surface area (Å²) in [6, 6.07) is 15.1. The molecular weight excluding hydrogens is 328 g/mol. The van der Waals surface area contributed by atoms with Gasteiger partial charge in [-0.05, 0) is 54.5 Å². The first-order valence-electron chi connectivity index (χ1n) is 9.80. The van der Waals surface area contributed by atoms with Crippen LogP contribution in [0.3, 0.4) is 0 Å². The van der Waals surface area contributed by atoms with Gasteiger partial charge >= 0.3 is 0 Å². The monoisotopic (exact) mass is 358 g/mol. The van der Waals surface area contributed by atoms with Gasteiger partial charge in [0.25, 0.3) is 0 Å². The Bertz CT molecular complexity index is 990. The Morgan fingerprint density at radius 1 is 0.963 bits per heavy atom. The number of hydrogen-bond acceptors (Lipinski definition) is 1. The van der Waals surface area contributed by atoms with E-state index in [2.05, 4.69) is 101 Å². The Kier molecular flexibility index (Phi) is 5.36. The summed E-state index contributed by atoms with van der Waals surface area (Å²) in [5, 5.41) is 0. The Hall–Kier alpha value is -2.61. The summed E-state index contributed by atoms with van der Waals surface area (Å²) in [5.74, 6) is 1.82. The average Bonchev–Trinajstić information content (AvgIpc) is 2.99. The molecule has 1 aromatic heterocycles. The first-order valence-corrected chi connectivity index (χ1v) is 9.80. The molecule has 0 aliphatic heterocycles. The highest BCUT2D eigenvalue weighted by Crippen LogP contribution is 2.36. The fourth-order valence-electron chi connectivity index (χ4n) is 3.77. The largest absolute Gasteiger partial charge is 0.292 e. The topological polar surface area (TPSA) is 17.8 Å². The Morgan fingerprint density at radius 2 is 1.56 bits per heavy atom. The minimum absolute atomic E-state index is 0.423.